The Morgan fingerprint density at radius 2 is 1.33 bits per heavy atom. The summed E-state index contributed by atoms with van der Waals surface area (Å²) in [6, 6.07) is 0. The van der Waals surface area contributed by atoms with Crippen LogP contribution < -0.4 is 0 Å². The van der Waals surface area contributed by atoms with Gasteiger partial charge < -0.3 is 4.48 Å². The van der Waals surface area contributed by atoms with Gasteiger partial charge >= 0.3 is 0 Å². The fourth-order valence-corrected chi connectivity index (χ4v) is 2.25. The van der Waals surface area contributed by atoms with Gasteiger partial charge in [0.1, 0.15) is 0 Å². The molecule has 0 aromatic carbocycles. The Morgan fingerprint density at radius 3 is 1.50 bits per heavy atom. The van der Waals surface area contributed by atoms with Crippen LogP contribution in [0.25, 0.3) is 0 Å². The average Bonchev–Trinajstić information content (AvgIpc) is 2.06. The molecule has 0 amide bonds. The van der Waals surface area contributed by atoms with Crippen LogP contribution in [-0.2, 0) is 0 Å². The SMILES string of the molecule is C[C@@H]1C[N+](C)(C(C)(C)C)C[C@H]1C. The molecular formula is C11H24N+. The normalized spacial score (nSPS) is 35.5. The zero-order valence-electron chi connectivity index (χ0n) is 9.52. The predicted molar refractivity (Wildman–Crippen MR) is 54.0 cm³/mol. The van der Waals surface area contributed by atoms with Crippen molar-refractivity contribution in [2.45, 2.75) is 40.2 Å². The molecule has 0 spiro atoms. The first-order valence-corrected chi connectivity index (χ1v) is 5.11. The molecule has 0 aromatic rings. The summed E-state index contributed by atoms with van der Waals surface area (Å²) in [7, 11) is 2.40. The van der Waals surface area contributed by atoms with Crippen molar-refractivity contribution in [3.8, 4) is 0 Å². The zero-order valence-corrected chi connectivity index (χ0v) is 9.52. The van der Waals surface area contributed by atoms with Gasteiger partial charge in [0.05, 0.1) is 25.7 Å². The molecule has 0 bridgehead atoms. The van der Waals surface area contributed by atoms with Gasteiger partial charge in [-0.2, -0.15) is 0 Å². The van der Waals surface area contributed by atoms with Gasteiger partial charge in [0, 0.05) is 11.8 Å². The van der Waals surface area contributed by atoms with Crippen molar-refractivity contribution in [2.75, 3.05) is 20.1 Å². The van der Waals surface area contributed by atoms with Crippen LogP contribution in [0.1, 0.15) is 34.6 Å². The van der Waals surface area contributed by atoms with E-state index >= 15 is 0 Å². The molecule has 0 saturated carbocycles. The lowest BCUT2D eigenvalue weighted by Gasteiger charge is -2.42. The highest BCUT2D eigenvalue weighted by Gasteiger charge is 2.45. The molecule has 1 aliphatic rings. The smallest absolute Gasteiger partial charge is 0.0905 e. The number of nitrogens with zero attached hydrogens (tertiary/aromatic N) is 1. The molecule has 0 N–H and O–H groups in total. The molecule has 72 valence electrons. The quantitative estimate of drug-likeness (QED) is 0.490. The van der Waals surface area contributed by atoms with Gasteiger partial charge in [-0.15, -0.1) is 0 Å². The van der Waals surface area contributed by atoms with Gasteiger partial charge in [-0.1, -0.05) is 13.8 Å². The molecule has 0 aliphatic carbocycles. The van der Waals surface area contributed by atoms with E-state index in [1.54, 1.807) is 0 Å². The van der Waals surface area contributed by atoms with E-state index in [4.69, 9.17) is 0 Å². The minimum Gasteiger partial charge on any atom is -0.321 e. The molecule has 1 heterocycles. The lowest BCUT2D eigenvalue weighted by molar-refractivity contribution is -0.944. The molecular weight excluding hydrogens is 146 g/mol. The van der Waals surface area contributed by atoms with Crippen LogP contribution in [0, 0.1) is 11.8 Å². The minimum atomic E-state index is 0.416. The first kappa shape index (κ1) is 10.0. The Hall–Kier alpha value is -0.0400. The maximum absolute atomic E-state index is 2.40. The van der Waals surface area contributed by atoms with E-state index in [1.165, 1.54) is 17.6 Å². The molecule has 1 rings (SSSR count). The van der Waals surface area contributed by atoms with Crippen molar-refractivity contribution >= 4 is 0 Å². The second-order valence-electron chi connectivity index (χ2n) is 5.89. The van der Waals surface area contributed by atoms with Gasteiger partial charge in [0.25, 0.3) is 0 Å². The van der Waals surface area contributed by atoms with Crippen LogP contribution >= 0.6 is 0 Å². The van der Waals surface area contributed by atoms with E-state index in [0.29, 0.717) is 5.54 Å². The van der Waals surface area contributed by atoms with Gasteiger partial charge in [-0.25, -0.2) is 0 Å². The van der Waals surface area contributed by atoms with Crippen molar-refractivity contribution in [1.82, 2.24) is 0 Å². The van der Waals surface area contributed by atoms with E-state index in [1.807, 2.05) is 0 Å². The summed E-state index contributed by atoms with van der Waals surface area (Å²) in [4.78, 5) is 0. The largest absolute Gasteiger partial charge is 0.321 e. The van der Waals surface area contributed by atoms with Gasteiger partial charge in [0.2, 0.25) is 0 Å². The summed E-state index contributed by atoms with van der Waals surface area (Å²) in [6.45, 7) is 14.6. The first-order chi connectivity index (χ1) is 5.26. The summed E-state index contributed by atoms with van der Waals surface area (Å²) >= 11 is 0. The Kier molecular flexibility index (Phi) is 2.28. The van der Waals surface area contributed by atoms with Crippen molar-refractivity contribution in [1.29, 1.82) is 0 Å². The number of hydrogen-bond acceptors (Lipinski definition) is 0. The highest BCUT2D eigenvalue weighted by atomic mass is 15.4. The van der Waals surface area contributed by atoms with Crippen LogP contribution in [0.2, 0.25) is 0 Å². The monoisotopic (exact) mass is 170 g/mol. The number of rotatable bonds is 0. The van der Waals surface area contributed by atoms with Crippen molar-refractivity contribution < 1.29 is 4.48 Å². The van der Waals surface area contributed by atoms with E-state index in [0.717, 1.165) is 11.8 Å². The highest BCUT2D eigenvalue weighted by molar-refractivity contribution is 4.74. The molecule has 0 radical (unpaired) electrons. The molecule has 1 aliphatic heterocycles. The number of quaternary nitrogens is 1. The van der Waals surface area contributed by atoms with Gasteiger partial charge in [0.15, 0.2) is 0 Å². The summed E-state index contributed by atoms with van der Waals surface area (Å²) < 4.78 is 1.25. The maximum atomic E-state index is 2.40. The van der Waals surface area contributed by atoms with Crippen LogP contribution in [0.3, 0.4) is 0 Å². The molecule has 1 fully saturated rings. The second-order valence-corrected chi connectivity index (χ2v) is 5.89. The summed E-state index contributed by atoms with van der Waals surface area (Å²) in [6.07, 6.45) is 0. The molecule has 0 unspecified atom stereocenters. The molecule has 2 atom stereocenters. The van der Waals surface area contributed by atoms with E-state index in [9.17, 15) is 0 Å². The van der Waals surface area contributed by atoms with Crippen molar-refractivity contribution in [3.63, 3.8) is 0 Å². The van der Waals surface area contributed by atoms with Crippen LogP contribution in [0.4, 0.5) is 0 Å². The fraction of sp³-hybridized carbons (Fsp3) is 1.00. The third-order valence-corrected chi connectivity index (χ3v) is 3.97. The number of hydrogen-bond donors (Lipinski definition) is 0. The fourth-order valence-electron chi connectivity index (χ4n) is 2.25. The van der Waals surface area contributed by atoms with E-state index < -0.39 is 0 Å². The van der Waals surface area contributed by atoms with Crippen LogP contribution in [0.5, 0.6) is 0 Å². The molecule has 1 nitrogen and oxygen atoms in total. The number of likely N-dealkylation sites (tertiary alicyclic amines) is 1. The van der Waals surface area contributed by atoms with Crippen molar-refractivity contribution in [3.05, 3.63) is 0 Å². The predicted octanol–water partition coefficient (Wildman–Crippen LogP) is 2.52. The Labute approximate surface area is 77.4 Å². The topological polar surface area (TPSA) is 0 Å². The first-order valence-electron chi connectivity index (χ1n) is 5.11. The molecule has 12 heavy (non-hydrogen) atoms. The van der Waals surface area contributed by atoms with Crippen LogP contribution in [0.15, 0.2) is 0 Å². The summed E-state index contributed by atoms with van der Waals surface area (Å²) in [5.41, 5.74) is 0.416. The molecule has 1 saturated heterocycles. The second kappa shape index (κ2) is 2.73. The third-order valence-electron chi connectivity index (χ3n) is 3.97. The Morgan fingerprint density at radius 1 is 1.00 bits per heavy atom. The average molecular weight is 170 g/mol. The zero-order chi connectivity index (χ0) is 9.57. The van der Waals surface area contributed by atoms with Crippen LogP contribution in [-0.4, -0.2) is 30.2 Å². The van der Waals surface area contributed by atoms with Gasteiger partial charge in [-0.3, -0.25) is 0 Å². The Bertz CT molecular complexity index is 156. The maximum Gasteiger partial charge on any atom is 0.0905 e. The summed E-state index contributed by atoms with van der Waals surface area (Å²) in [5, 5.41) is 0. The summed E-state index contributed by atoms with van der Waals surface area (Å²) in [5.74, 6) is 1.79. The van der Waals surface area contributed by atoms with Gasteiger partial charge in [-0.05, 0) is 20.8 Å². The standard InChI is InChI=1S/C11H24N/c1-9-7-12(6,8-10(9)2)11(3,4)5/h9-10H,7-8H2,1-6H3/q+1/t9-,10-/m1/s1. The minimum absolute atomic E-state index is 0.416. The van der Waals surface area contributed by atoms with E-state index in [-0.39, 0.29) is 0 Å². The van der Waals surface area contributed by atoms with Crippen molar-refractivity contribution in [2.24, 2.45) is 11.8 Å². The lowest BCUT2D eigenvalue weighted by atomic mass is 10.0. The molecule has 0 aromatic heterocycles. The highest BCUT2D eigenvalue weighted by Crippen LogP contribution is 2.34. The molecule has 1 heteroatoms. The van der Waals surface area contributed by atoms with E-state index in [2.05, 4.69) is 41.7 Å². The Balaban J connectivity index is 2.77. The lowest BCUT2D eigenvalue weighted by Crippen LogP contribution is -2.55. The third kappa shape index (κ3) is 1.52.